The molecular formula is C21H15Cl2FN2O4S. The lowest BCUT2D eigenvalue weighted by molar-refractivity contribution is 0.0601. The fraction of sp³-hybridized carbons (Fsp3) is 0.0952. The summed E-state index contributed by atoms with van der Waals surface area (Å²) in [5, 5.41) is 6.02. The minimum atomic E-state index is -0.719. The summed E-state index contributed by atoms with van der Waals surface area (Å²) in [4.78, 5) is 37.9. The molecular weight excluding hydrogens is 466 g/mol. The van der Waals surface area contributed by atoms with Crippen molar-refractivity contribution < 1.29 is 23.5 Å². The van der Waals surface area contributed by atoms with Gasteiger partial charge in [-0.25, -0.2) is 9.18 Å². The second-order valence-corrected chi connectivity index (χ2v) is 8.16. The molecule has 3 rings (SSSR count). The molecule has 6 nitrogen and oxygen atoms in total. The van der Waals surface area contributed by atoms with E-state index < -0.39 is 23.6 Å². The molecule has 0 aliphatic rings. The van der Waals surface area contributed by atoms with Crippen molar-refractivity contribution in [2.45, 2.75) is 6.92 Å². The fourth-order valence-corrected chi connectivity index (χ4v) is 4.14. The smallest absolute Gasteiger partial charge is 0.341 e. The van der Waals surface area contributed by atoms with E-state index in [1.165, 1.54) is 31.4 Å². The molecule has 2 aromatic carbocycles. The standard InChI is InChI=1S/C21H15Cl2FN2O4S/c1-10-16(21(29)30-2)20(26-18(27)11-3-6-13(24)7-4-11)31-17(10)19(28)25-15-9-12(22)5-8-14(15)23/h3-9H,1-2H3,(H,25,28)(H,26,27). The van der Waals surface area contributed by atoms with Gasteiger partial charge in [0.25, 0.3) is 11.8 Å². The summed E-state index contributed by atoms with van der Waals surface area (Å²) in [6.45, 7) is 1.56. The highest BCUT2D eigenvalue weighted by molar-refractivity contribution is 7.19. The zero-order valence-corrected chi connectivity index (χ0v) is 18.5. The third-order valence-electron chi connectivity index (χ3n) is 4.25. The van der Waals surface area contributed by atoms with Gasteiger partial charge in [-0.05, 0) is 55.0 Å². The summed E-state index contributed by atoms with van der Waals surface area (Å²) in [5.74, 6) is -2.32. The quantitative estimate of drug-likeness (QED) is 0.452. The number of rotatable bonds is 5. The fourth-order valence-electron chi connectivity index (χ4n) is 2.71. The Morgan fingerprint density at radius 2 is 1.68 bits per heavy atom. The average Bonchev–Trinajstić information content (AvgIpc) is 3.06. The monoisotopic (exact) mass is 480 g/mol. The van der Waals surface area contributed by atoms with Crippen molar-refractivity contribution in [1.82, 2.24) is 0 Å². The van der Waals surface area contributed by atoms with E-state index in [4.69, 9.17) is 27.9 Å². The van der Waals surface area contributed by atoms with Crippen LogP contribution in [0.2, 0.25) is 10.0 Å². The van der Waals surface area contributed by atoms with Crippen molar-refractivity contribution in [1.29, 1.82) is 0 Å². The lowest BCUT2D eigenvalue weighted by atomic mass is 10.1. The lowest BCUT2D eigenvalue weighted by Gasteiger charge is -2.07. The molecule has 0 atom stereocenters. The molecule has 0 unspecified atom stereocenters. The Bertz CT molecular complexity index is 1180. The minimum Gasteiger partial charge on any atom is -0.465 e. The molecule has 0 fully saturated rings. The number of benzene rings is 2. The number of anilines is 2. The third kappa shape index (κ3) is 5.04. The van der Waals surface area contributed by atoms with Crippen LogP contribution >= 0.6 is 34.5 Å². The van der Waals surface area contributed by atoms with Crippen molar-refractivity contribution in [3.05, 3.63) is 79.9 Å². The van der Waals surface area contributed by atoms with Crippen LogP contribution in [0.4, 0.5) is 15.1 Å². The number of carbonyl (C=O) groups is 3. The molecule has 0 saturated carbocycles. The van der Waals surface area contributed by atoms with Crippen LogP contribution < -0.4 is 10.6 Å². The average molecular weight is 481 g/mol. The maximum absolute atomic E-state index is 13.1. The maximum atomic E-state index is 13.1. The van der Waals surface area contributed by atoms with E-state index in [0.717, 1.165) is 23.5 Å². The van der Waals surface area contributed by atoms with Crippen LogP contribution in [0.3, 0.4) is 0 Å². The van der Waals surface area contributed by atoms with Crippen molar-refractivity contribution in [2.75, 3.05) is 17.7 Å². The molecule has 160 valence electrons. The normalized spacial score (nSPS) is 10.5. The lowest BCUT2D eigenvalue weighted by Crippen LogP contribution is -2.14. The number of hydrogen-bond donors (Lipinski definition) is 2. The zero-order chi connectivity index (χ0) is 22.7. The van der Waals surface area contributed by atoms with Crippen LogP contribution in [-0.2, 0) is 4.74 Å². The number of methoxy groups -OCH3 is 1. The van der Waals surface area contributed by atoms with Crippen LogP contribution in [0.15, 0.2) is 42.5 Å². The van der Waals surface area contributed by atoms with Gasteiger partial charge >= 0.3 is 5.97 Å². The number of carbonyl (C=O) groups excluding carboxylic acids is 3. The molecule has 3 aromatic rings. The predicted octanol–water partition coefficient (Wildman–Crippen LogP) is 5.79. The Morgan fingerprint density at radius 3 is 2.32 bits per heavy atom. The van der Waals surface area contributed by atoms with E-state index in [1.54, 1.807) is 13.0 Å². The van der Waals surface area contributed by atoms with E-state index in [0.29, 0.717) is 16.3 Å². The molecule has 0 saturated heterocycles. The second kappa shape index (κ2) is 9.47. The van der Waals surface area contributed by atoms with E-state index in [2.05, 4.69) is 10.6 Å². The van der Waals surface area contributed by atoms with Gasteiger partial charge in [-0.2, -0.15) is 0 Å². The van der Waals surface area contributed by atoms with Gasteiger partial charge in [0.15, 0.2) is 0 Å². The van der Waals surface area contributed by atoms with Gasteiger partial charge in [0, 0.05) is 10.6 Å². The van der Waals surface area contributed by atoms with Gasteiger partial charge in [0.1, 0.15) is 10.8 Å². The molecule has 0 aliphatic heterocycles. The van der Waals surface area contributed by atoms with Crippen LogP contribution in [0.1, 0.15) is 36.0 Å². The number of thiophene rings is 1. The first kappa shape index (κ1) is 22.7. The van der Waals surface area contributed by atoms with Gasteiger partial charge in [0.2, 0.25) is 0 Å². The van der Waals surface area contributed by atoms with Gasteiger partial charge in [-0.1, -0.05) is 23.2 Å². The highest BCUT2D eigenvalue weighted by Gasteiger charge is 2.27. The molecule has 0 radical (unpaired) electrons. The Labute approximate surface area is 190 Å². The minimum absolute atomic E-state index is 0.0466. The van der Waals surface area contributed by atoms with Gasteiger partial charge < -0.3 is 15.4 Å². The molecule has 1 aromatic heterocycles. The van der Waals surface area contributed by atoms with E-state index in [1.807, 2.05) is 0 Å². The summed E-state index contributed by atoms with van der Waals surface area (Å²) in [6.07, 6.45) is 0. The summed E-state index contributed by atoms with van der Waals surface area (Å²) in [7, 11) is 1.19. The zero-order valence-electron chi connectivity index (χ0n) is 16.2. The molecule has 0 bridgehead atoms. The van der Waals surface area contributed by atoms with Crippen molar-refractivity contribution in [3.63, 3.8) is 0 Å². The molecule has 0 aliphatic carbocycles. The topological polar surface area (TPSA) is 84.5 Å². The van der Waals surface area contributed by atoms with E-state index >= 15 is 0 Å². The number of esters is 1. The SMILES string of the molecule is COC(=O)c1c(NC(=O)c2ccc(F)cc2)sc(C(=O)Nc2cc(Cl)ccc2Cl)c1C. The van der Waals surface area contributed by atoms with Crippen molar-refractivity contribution in [2.24, 2.45) is 0 Å². The first-order chi connectivity index (χ1) is 14.7. The molecule has 2 amide bonds. The van der Waals surface area contributed by atoms with Crippen LogP contribution in [0.5, 0.6) is 0 Å². The number of hydrogen-bond acceptors (Lipinski definition) is 5. The second-order valence-electron chi connectivity index (χ2n) is 6.29. The molecule has 31 heavy (non-hydrogen) atoms. The summed E-state index contributed by atoms with van der Waals surface area (Å²) in [6, 6.07) is 9.49. The Balaban J connectivity index is 1.95. The van der Waals surface area contributed by atoms with Crippen molar-refractivity contribution in [3.8, 4) is 0 Å². The summed E-state index contributed by atoms with van der Waals surface area (Å²) in [5.41, 5.74) is 0.843. The predicted molar refractivity (Wildman–Crippen MR) is 119 cm³/mol. The maximum Gasteiger partial charge on any atom is 0.341 e. The number of ether oxygens (including phenoxy) is 1. The summed E-state index contributed by atoms with van der Waals surface area (Å²) < 4.78 is 17.9. The first-order valence-electron chi connectivity index (χ1n) is 8.76. The van der Waals surface area contributed by atoms with Crippen LogP contribution in [0, 0.1) is 12.7 Å². The number of halogens is 3. The van der Waals surface area contributed by atoms with Crippen LogP contribution in [0.25, 0.3) is 0 Å². The number of nitrogens with one attached hydrogen (secondary N) is 2. The Morgan fingerprint density at radius 1 is 1.00 bits per heavy atom. The van der Waals surface area contributed by atoms with E-state index in [9.17, 15) is 18.8 Å². The third-order valence-corrected chi connectivity index (χ3v) is 6.02. The van der Waals surface area contributed by atoms with Crippen LogP contribution in [-0.4, -0.2) is 24.9 Å². The molecule has 1 heterocycles. The van der Waals surface area contributed by atoms with Gasteiger partial charge in [-0.3, -0.25) is 9.59 Å². The van der Waals surface area contributed by atoms with Gasteiger partial charge in [0.05, 0.1) is 28.3 Å². The molecule has 2 N–H and O–H groups in total. The van der Waals surface area contributed by atoms with Crippen molar-refractivity contribution >= 4 is 63.0 Å². The van der Waals surface area contributed by atoms with Gasteiger partial charge in [-0.15, -0.1) is 11.3 Å². The number of amides is 2. The summed E-state index contributed by atoms with van der Waals surface area (Å²) >= 11 is 12.9. The first-order valence-corrected chi connectivity index (χ1v) is 10.3. The molecule has 10 heteroatoms. The van der Waals surface area contributed by atoms with E-state index in [-0.39, 0.29) is 26.0 Å². The molecule has 0 spiro atoms. The Kier molecular flexibility index (Phi) is 6.94. The highest BCUT2D eigenvalue weighted by atomic mass is 35.5. The Hall–Kier alpha value is -2.94. The highest BCUT2D eigenvalue weighted by Crippen LogP contribution is 2.35. The largest absolute Gasteiger partial charge is 0.465 e.